The van der Waals surface area contributed by atoms with Crippen LogP contribution in [0.4, 0.5) is 5.69 Å². The second-order valence-corrected chi connectivity index (χ2v) is 9.68. The third kappa shape index (κ3) is 3.98. The summed E-state index contributed by atoms with van der Waals surface area (Å²) < 4.78 is 28.9. The maximum Gasteiger partial charge on any atom is 0.289 e. The molecular weight excluding hydrogens is 406 g/mol. The summed E-state index contributed by atoms with van der Waals surface area (Å²) in [6.07, 6.45) is 2.70. The second kappa shape index (κ2) is 8.43. The molecule has 3 unspecified atom stereocenters. The van der Waals surface area contributed by atoms with E-state index in [9.17, 15) is 18.5 Å². The number of nitrogens with zero attached hydrogens (tertiary/aromatic N) is 3. The van der Waals surface area contributed by atoms with Gasteiger partial charge in [0.25, 0.3) is 5.69 Å². The topological polar surface area (TPSA) is 93.0 Å². The van der Waals surface area contributed by atoms with Crippen molar-refractivity contribution in [1.29, 1.82) is 0 Å². The van der Waals surface area contributed by atoms with Gasteiger partial charge in [-0.3, -0.25) is 15.0 Å². The Hall–Kier alpha value is -2.33. The first kappa shape index (κ1) is 20.9. The highest BCUT2D eigenvalue weighted by molar-refractivity contribution is 7.89. The van der Waals surface area contributed by atoms with E-state index >= 15 is 0 Å². The fourth-order valence-corrected chi connectivity index (χ4v) is 6.37. The molecule has 2 aliphatic rings. The van der Waals surface area contributed by atoms with Crippen molar-refractivity contribution in [2.45, 2.75) is 48.8 Å². The smallest absolute Gasteiger partial charge is 0.289 e. The lowest BCUT2D eigenvalue weighted by molar-refractivity contribution is -0.387. The molecule has 0 aromatic heterocycles. The van der Waals surface area contributed by atoms with Crippen molar-refractivity contribution in [3.63, 3.8) is 0 Å². The Balaban J connectivity index is 1.79. The number of likely N-dealkylation sites (N-methyl/N-ethyl adjacent to an activating group) is 1. The van der Waals surface area contributed by atoms with Crippen molar-refractivity contribution in [2.75, 3.05) is 13.6 Å². The van der Waals surface area contributed by atoms with Crippen LogP contribution in [0, 0.1) is 10.1 Å². The van der Waals surface area contributed by atoms with Crippen LogP contribution in [0.3, 0.4) is 0 Å². The van der Waals surface area contributed by atoms with E-state index in [0.717, 1.165) is 18.4 Å². The van der Waals surface area contributed by atoms with Gasteiger partial charge in [-0.1, -0.05) is 42.5 Å². The molecule has 2 heterocycles. The van der Waals surface area contributed by atoms with Crippen molar-refractivity contribution in [3.05, 3.63) is 70.3 Å². The van der Waals surface area contributed by atoms with Crippen LogP contribution in [0.2, 0.25) is 0 Å². The number of hydrogen-bond donors (Lipinski definition) is 0. The van der Waals surface area contributed by atoms with Gasteiger partial charge in [-0.25, -0.2) is 8.42 Å². The van der Waals surface area contributed by atoms with E-state index in [1.807, 2.05) is 37.4 Å². The van der Waals surface area contributed by atoms with Crippen LogP contribution in [0.25, 0.3) is 0 Å². The Labute approximate surface area is 176 Å². The van der Waals surface area contributed by atoms with Crippen LogP contribution >= 0.6 is 0 Å². The number of nitro benzene ring substituents is 1. The quantitative estimate of drug-likeness (QED) is 0.534. The van der Waals surface area contributed by atoms with E-state index in [1.54, 1.807) is 5.06 Å². The summed E-state index contributed by atoms with van der Waals surface area (Å²) in [4.78, 5) is 16.6. The van der Waals surface area contributed by atoms with Crippen LogP contribution in [0.5, 0.6) is 0 Å². The molecular formula is C21H25N3O5S. The molecule has 0 amide bonds. The normalized spacial score (nSPS) is 25.6. The zero-order valence-electron chi connectivity index (χ0n) is 16.8. The molecule has 2 fully saturated rings. The van der Waals surface area contributed by atoms with Gasteiger partial charge in [-0.05, 0) is 37.3 Å². The predicted octanol–water partition coefficient (Wildman–Crippen LogP) is 2.99. The lowest BCUT2D eigenvalue weighted by Crippen LogP contribution is -2.52. The monoisotopic (exact) mass is 431 g/mol. The summed E-state index contributed by atoms with van der Waals surface area (Å²) in [6, 6.07) is 14.8. The largest absolute Gasteiger partial charge is 0.296 e. The molecule has 2 aliphatic heterocycles. The van der Waals surface area contributed by atoms with Gasteiger partial charge in [0.15, 0.2) is 4.90 Å². The minimum Gasteiger partial charge on any atom is -0.296 e. The molecule has 0 saturated carbocycles. The first-order valence-electron chi connectivity index (χ1n) is 10.1. The van der Waals surface area contributed by atoms with Crippen molar-refractivity contribution in [3.8, 4) is 0 Å². The summed E-state index contributed by atoms with van der Waals surface area (Å²) in [5.41, 5.74) is 0.620. The van der Waals surface area contributed by atoms with Gasteiger partial charge in [-0.15, -0.1) is 0 Å². The fourth-order valence-electron chi connectivity index (χ4n) is 4.52. The number of fused-ring (bicyclic) bond motifs is 2. The molecule has 160 valence electrons. The van der Waals surface area contributed by atoms with E-state index in [2.05, 4.69) is 0 Å². The van der Waals surface area contributed by atoms with E-state index in [0.29, 0.717) is 19.4 Å². The van der Waals surface area contributed by atoms with Gasteiger partial charge < -0.3 is 0 Å². The average molecular weight is 432 g/mol. The highest BCUT2D eigenvalue weighted by atomic mass is 32.2. The molecule has 0 spiro atoms. The first-order chi connectivity index (χ1) is 14.4. The van der Waals surface area contributed by atoms with Crippen LogP contribution in [-0.4, -0.2) is 54.5 Å². The Kier molecular flexibility index (Phi) is 5.88. The van der Waals surface area contributed by atoms with Gasteiger partial charge >= 0.3 is 0 Å². The van der Waals surface area contributed by atoms with Crippen molar-refractivity contribution >= 4 is 15.7 Å². The van der Waals surface area contributed by atoms with E-state index < -0.39 is 26.7 Å². The number of hydrogen-bond acceptors (Lipinski definition) is 6. The maximum atomic E-state index is 13.7. The Bertz CT molecular complexity index is 1010. The minimum absolute atomic E-state index is 0.0780. The van der Waals surface area contributed by atoms with Crippen LogP contribution in [0.1, 0.15) is 24.8 Å². The highest BCUT2D eigenvalue weighted by Gasteiger charge is 2.45. The van der Waals surface area contributed by atoms with E-state index in [4.69, 9.17) is 4.84 Å². The fraction of sp³-hybridized carbons (Fsp3) is 0.429. The summed E-state index contributed by atoms with van der Waals surface area (Å²) in [6.45, 7) is 0.302. The standard InChI is InChI=1S/C21H25N3O5S/c1-22-19-15-17(29-22)10-7-13-23(20(19)14-16-8-3-2-4-9-16)30(27,28)21-12-6-5-11-18(21)24(25)26/h2-6,8-9,11-12,17,19-20H,7,10,13-15H2,1H3. The number of rotatable bonds is 5. The lowest BCUT2D eigenvalue weighted by Gasteiger charge is -2.37. The number of nitro groups is 1. The van der Waals surface area contributed by atoms with E-state index in [-0.39, 0.29) is 17.0 Å². The summed E-state index contributed by atoms with van der Waals surface area (Å²) >= 11 is 0. The number of para-hydroxylation sites is 1. The van der Waals surface area contributed by atoms with Crippen molar-refractivity contribution in [2.24, 2.45) is 0 Å². The van der Waals surface area contributed by atoms with Gasteiger partial charge in [0.1, 0.15) is 0 Å². The van der Waals surface area contributed by atoms with Crippen LogP contribution in [0.15, 0.2) is 59.5 Å². The molecule has 2 saturated heterocycles. The Morgan fingerprint density at radius 1 is 1.13 bits per heavy atom. The summed E-state index contributed by atoms with van der Waals surface area (Å²) in [7, 11) is -2.25. The molecule has 3 atom stereocenters. The Morgan fingerprint density at radius 2 is 1.83 bits per heavy atom. The van der Waals surface area contributed by atoms with Crippen molar-refractivity contribution in [1.82, 2.24) is 9.37 Å². The lowest BCUT2D eigenvalue weighted by atomic mass is 9.93. The Morgan fingerprint density at radius 3 is 2.57 bits per heavy atom. The molecule has 2 aromatic rings. The first-order valence-corrected chi connectivity index (χ1v) is 11.5. The molecule has 9 heteroatoms. The summed E-state index contributed by atoms with van der Waals surface area (Å²) in [5, 5.41) is 13.3. The SMILES string of the molecule is CN1OC2CCCN(S(=O)(=O)c3ccccc3[N+](=O)[O-])C(Cc3ccccc3)C1C2. The molecule has 8 nitrogen and oxygen atoms in total. The number of sulfonamides is 1. The predicted molar refractivity (Wildman–Crippen MR) is 111 cm³/mol. The molecule has 4 rings (SSSR count). The van der Waals surface area contributed by atoms with Crippen LogP contribution < -0.4 is 0 Å². The maximum absolute atomic E-state index is 13.7. The van der Waals surface area contributed by atoms with Gasteiger partial charge in [0, 0.05) is 25.7 Å². The van der Waals surface area contributed by atoms with Crippen molar-refractivity contribution < 1.29 is 18.2 Å². The van der Waals surface area contributed by atoms with Gasteiger partial charge in [0.2, 0.25) is 10.0 Å². The molecule has 2 bridgehead atoms. The molecule has 2 aromatic carbocycles. The van der Waals surface area contributed by atoms with Crippen LogP contribution in [-0.2, 0) is 21.3 Å². The van der Waals surface area contributed by atoms with Gasteiger partial charge in [-0.2, -0.15) is 9.37 Å². The van der Waals surface area contributed by atoms with Gasteiger partial charge in [0.05, 0.1) is 17.1 Å². The molecule has 30 heavy (non-hydrogen) atoms. The molecule has 0 radical (unpaired) electrons. The van der Waals surface area contributed by atoms with E-state index in [1.165, 1.54) is 28.6 Å². The number of benzene rings is 2. The summed E-state index contributed by atoms with van der Waals surface area (Å²) in [5.74, 6) is 0. The third-order valence-corrected chi connectivity index (χ3v) is 7.91. The molecule has 0 aliphatic carbocycles. The number of hydroxylamine groups is 2. The molecule has 0 N–H and O–H groups in total. The average Bonchev–Trinajstić information content (AvgIpc) is 3.11. The zero-order chi connectivity index (χ0) is 21.3. The second-order valence-electron chi connectivity index (χ2n) is 7.82. The zero-order valence-corrected chi connectivity index (χ0v) is 17.6. The highest BCUT2D eigenvalue weighted by Crippen LogP contribution is 2.36. The third-order valence-electron chi connectivity index (χ3n) is 5.94. The minimum atomic E-state index is -4.08.